The molecule has 0 saturated carbocycles. The zero-order valence-electron chi connectivity index (χ0n) is 18.5. The van der Waals surface area contributed by atoms with Crippen LogP contribution in [0.5, 0.6) is 0 Å². The first kappa shape index (κ1) is 24.8. The summed E-state index contributed by atoms with van der Waals surface area (Å²) in [5.74, 6) is 0. The molecule has 1 aliphatic rings. The van der Waals surface area contributed by atoms with E-state index in [-0.39, 0.29) is 11.4 Å². The Morgan fingerprint density at radius 1 is 0.758 bits per heavy atom. The molecule has 1 aliphatic carbocycles. The molecule has 0 N–H and O–H groups in total. The number of para-hydroxylation sites is 1. The Hall–Kier alpha value is -4.47. The van der Waals surface area contributed by atoms with Gasteiger partial charge in [0.25, 0.3) is 11.4 Å². The van der Waals surface area contributed by atoms with Gasteiger partial charge < -0.3 is 0 Å². The van der Waals surface area contributed by atoms with E-state index in [1.807, 2.05) is 63.2 Å². The van der Waals surface area contributed by atoms with Crippen LogP contribution < -0.4 is 0 Å². The molecule has 3 aromatic carbocycles. The molecular weight excluding hydrogens is 428 g/mol. The standard InChI is InChI=1S/C20H13N3O4.C2H6.CH3NO2/c1-12-7-8-15-16(9-12)20(21-13-5-3-2-4-6-13)17-10-14(22(24)25)11-18(19(15)17)23(26)27;1-2;1-2(3)4/h2-11H,1H3;1-2H3;1H3. The molecule has 170 valence electrons. The minimum atomic E-state index is -0.623. The minimum Gasteiger partial charge on any atom is -0.265 e. The van der Waals surface area contributed by atoms with Gasteiger partial charge in [-0.2, -0.15) is 0 Å². The molecule has 10 heteroatoms. The first-order chi connectivity index (χ1) is 15.7. The normalized spacial score (nSPS) is 11.8. The Labute approximate surface area is 189 Å². The lowest BCUT2D eigenvalue weighted by Crippen LogP contribution is -2.01. The van der Waals surface area contributed by atoms with Crippen molar-refractivity contribution in [3.8, 4) is 11.1 Å². The van der Waals surface area contributed by atoms with Gasteiger partial charge in [-0.3, -0.25) is 30.3 Å². The van der Waals surface area contributed by atoms with Crippen molar-refractivity contribution >= 4 is 22.8 Å². The molecule has 0 spiro atoms. The topological polar surface area (TPSA) is 142 Å². The molecule has 0 bridgehead atoms. The predicted octanol–water partition coefficient (Wildman–Crippen LogP) is 5.88. The number of non-ortho nitro benzene ring substituents is 1. The van der Waals surface area contributed by atoms with Crippen LogP contribution in [0.25, 0.3) is 11.1 Å². The second-order valence-corrected chi connectivity index (χ2v) is 6.69. The van der Waals surface area contributed by atoms with E-state index >= 15 is 0 Å². The smallest absolute Gasteiger partial charge is 0.265 e. The number of nitrogens with zero attached hydrogens (tertiary/aromatic N) is 4. The molecule has 0 fully saturated rings. The lowest BCUT2D eigenvalue weighted by Gasteiger charge is -2.03. The zero-order chi connectivity index (χ0) is 24.7. The summed E-state index contributed by atoms with van der Waals surface area (Å²) in [5.41, 5.74) is 3.69. The number of aliphatic imine (C=N–C) groups is 1. The predicted molar refractivity (Wildman–Crippen MR) is 126 cm³/mol. The average molecular weight is 450 g/mol. The number of aryl methyl sites for hydroxylation is 1. The van der Waals surface area contributed by atoms with Crippen LogP contribution in [0.15, 0.2) is 65.7 Å². The van der Waals surface area contributed by atoms with E-state index in [0.29, 0.717) is 28.1 Å². The van der Waals surface area contributed by atoms with Crippen LogP contribution in [0.3, 0.4) is 0 Å². The Bertz CT molecular complexity index is 1240. The summed E-state index contributed by atoms with van der Waals surface area (Å²) < 4.78 is 0. The Morgan fingerprint density at radius 3 is 1.91 bits per heavy atom. The van der Waals surface area contributed by atoms with Crippen molar-refractivity contribution in [1.82, 2.24) is 0 Å². The van der Waals surface area contributed by atoms with Crippen molar-refractivity contribution in [2.75, 3.05) is 7.05 Å². The van der Waals surface area contributed by atoms with Crippen LogP contribution in [0.2, 0.25) is 0 Å². The average Bonchev–Trinajstić information content (AvgIpc) is 3.07. The maximum absolute atomic E-state index is 11.6. The molecule has 0 aromatic heterocycles. The molecule has 0 radical (unpaired) electrons. The van der Waals surface area contributed by atoms with Crippen LogP contribution in [0, 0.1) is 37.3 Å². The third-order valence-corrected chi connectivity index (χ3v) is 4.46. The van der Waals surface area contributed by atoms with Gasteiger partial charge >= 0.3 is 0 Å². The number of benzene rings is 3. The third-order valence-electron chi connectivity index (χ3n) is 4.46. The van der Waals surface area contributed by atoms with Crippen molar-refractivity contribution in [1.29, 1.82) is 0 Å². The molecule has 0 heterocycles. The van der Waals surface area contributed by atoms with E-state index in [0.717, 1.165) is 24.2 Å². The number of fused-ring (bicyclic) bond motifs is 3. The molecule has 3 aromatic rings. The van der Waals surface area contributed by atoms with Crippen molar-refractivity contribution in [3.05, 3.63) is 108 Å². The van der Waals surface area contributed by atoms with Crippen LogP contribution in [-0.4, -0.2) is 27.5 Å². The molecule has 33 heavy (non-hydrogen) atoms. The monoisotopic (exact) mass is 450 g/mol. The van der Waals surface area contributed by atoms with Crippen molar-refractivity contribution in [2.45, 2.75) is 20.8 Å². The number of hydrogen-bond acceptors (Lipinski definition) is 7. The highest BCUT2D eigenvalue weighted by molar-refractivity contribution is 6.26. The number of hydrogen-bond donors (Lipinski definition) is 0. The Morgan fingerprint density at radius 2 is 1.36 bits per heavy atom. The zero-order valence-corrected chi connectivity index (χ0v) is 18.5. The Balaban J connectivity index is 0.000000582. The molecule has 0 aliphatic heterocycles. The largest absolute Gasteiger partial charge is 0.284 e. The summed E-state index contributed by atoms with van der Waals surface area (Å²) in [6.45, 7) is 5.92. The van der Waals surface area contributed by atoms with Gasteiger partial charge in [0.1, 0.15) is 0 Å². The summed E-state index contributed by atoms with van der Waals surface area (Å²) in [6, 6.07) is 17.1. The van der Waals surface area contributed by atoms with E-state index in [1.54, 1.807) is 6.07 Å². The van der Waals surface area contributed by atoms with E-state index < -0.39 is 14.8 Å². The summed E-state index contributed by atoms with van der Waals surface area (Å²) in [5, 5.41) is 31.7. The van der Waals surface area contributed by atoms with Gasteiger partial charge in [0.05, 0.1) is 32.9 Å². The van der Waals surface area contributed by atoms with Crippen molar-refractivity contribution in [3.63, 3.8) is 0 Å². The van der Waals surface area contributed by atoms with Gasteiger partial charge in [-0.05, 0) is 30.7 Å². The van der Waals surface area contributed by atoms with Gasteiger partial charge in [0.2, 0.25) is 0 Å². The van der Waals surface area contributed by atoms with E-state index in [2.05, 4.69) is 4.99 Å². The molecule has 0 atom stereocenters. The van der Waals surface area contributed by atoms with Gasteiger partial charge in [-0.15, -0.1) is 0 Å². The molecule has 4 rings (SSSR count). The number of nitro groups is 3. The van der Waals surface area contributed by atoms with Crippen LogP contribution in [-0.2, 0) is 0 Å². The quantitative estimate of drug-likeness (QED) is 0.282. The van der Waals surface area contributed by atoms with Crippen LogP contribution in [0.4, 0.5) is 17.1 Å². The summed E-state index contributed by atoms with van der Waals surface area (Å²) in [7, 11) is 0.889. The lowest BCUT2D eigenvalue weighted by atomic mass is 10.0. The minimum absolute atomic E-state index is 0.289. The highest BCUT2D eigenvalue weighted by Gasteiger charge is 2.34. The maximum atomic E-state index is 11.6. The second-order valence-electron chi connectivity index (χ2n) is 6.69. The molecule has 0 saturated heterocycles. The van der Waals surface area contributed by atoms with Crippen LogP contribution >= 0.6 is 0 Å². The highest BCUT2D eigenvalue weighted by atomic mass is 16.6. The second kappa shape index (κ2) is 10.7. The third kappa shape index (κ3) is 5.62. The van der Waals surface area contributed by atoms with E-state index in [1.165, 1.54) is 6.07 Å². The molecule has 10 nitrogen and oxygen atoms in total. The van der Waals surface area contributed by atoms with Gasteiger partial charge in [0, 0.05) is 22.1 Å². The van der Waals surface area contributed by atoms with Crippen LogP contribution in [0.1, 0.15) is 30.5 Å². The van der Waals surface area contributed by atoms with E-state index in [9.17, 15) is 20.2 Å². The molecule has 0 unspecified atom stereocenters. The van der Waals surface area contributed by atoms with E-state index in [4.69, 9.17) is 10.1 Å². The SMILES string of the molecule is CC.C[N+](=O)[O-].Cc1ccc2c(c1)C(=Nc1ccccc1)c1cc([N+](=O)[O-])cc([N+](=O)[O-])c1-2. The molecule has 0 amide bonds. The van der Waals surface area contributed by atoms with Crippen molar-refractivity contribution in [2.24, 2.45) is 4.99 Å². The number of rotatable bonds is 3. The summed E-state index contributed by atoms with van der Waals surface area (Å²) >= 11 is 0. The fourth-order valence-corrected chi connectivity index (χ4v) is 3.30. The maximum Gasteiger partial charge on any atom is 0.284 e. The van der Waals surface area contributed by atoms with Gasteiger partial charge in [-0.1, -0.05) is 49.7 Å². The molecular formula is C23H22N4O6. The Kier molecular flexibility index (Phi) is 8.05. The van der Waals surface area contributed by atoms with Gasteiger partial charge in [-0.25, -0.2) is 4.99 Å². The van der Waals surface area contributed by atoms with Gasteiger partial charge in [0.15, 0.2) is 7.05 Å². The highest BCUT2D eigenvalue weighted by Crippen LogP contribution is 2.45. The summed E-state index contributed by atoms with van der Waals surface area (Å²) in [6.07, 6.45) is 0. The first-order valence-electron chi connectivity index (χ1n) is 9.99. The number of nitro benzene ring substituents is 2. The fraction of sp³-hybridized carbons (Fsp3) is 0.174. The lowest BCUT2D eigenvalue weighted by molar-refractivity contribution is -0.445. The van der Waals surface area contributed by atoms with Crippen molar-refractivity contribution < 1.29 is 14.8 Å². The first-order valence-corrected chi connectivity index (χ1v) is 9.99. The summed E-state index contributed by atoms with van der Waals surface area (Å²) in [4.78, 5) is 34.7. The fourth-order valence-electron chi connectivity index (χ4n) is 3.30.